The Kier molecular flexibility index (Phi) is 6.14. The van der Waals surface area contributed by atoms with E-state index in [4.69, 9.17) is 11.6 Å². The standard InChI is InChI=1S/C19H23Cl/c1-2-3-5-8-16-11-12-19(18(15-16)13-14-20)17-9-6-4-7-10-17/h4,6-7,9-12,15H,2-3,5,8,13-14H2,1H3. The fourth-order valence-electron chi connectivity index (χ4n) is 2.59. The van der Waals surface area contributed by atoms with E-state index in [0.717, 1.165) is 6.42 Å². The average molecular weight is 287 g/mol. The van der Waals surface area contributed by atoms with Crippen molar-refractivity contribution in [1.82, 2.24) is 0 Å². The molecule has 20 heavy (non-hydrogen) atoms. The second-order valence-corrected chi connectivity index (χ2v) is 5.63. The Hall–Kier alpha value is -1.27. The van der Waals surface area contributed by atoms with E-state index >= 15 is 0 Å². The summed E-state index contributed by atoms with van der Waals surface area (Å²) in [5.74, 6) is 0.679. The van der Waals surface area contributed by atoms with Crippen LogP contribution in [-0.2, 0) is 12.8 Å². The Balaban J connectivity index is 2.24. The summed E-state index contributed by atoms with van der Waals surface area (Å²) >= 11 is 5.97. The summed E-state index contributed by atoms with van der Waals surface area (Å²) in [7, 11) is 0. The minimum atomic E-state index is 0.679. The van der Waals surface area contributed by atoms with Gasteiger partial charge in [-0.3, -0.25) is 0 Å². The maximum atomic E-state index is 5.97. The highest BCUT2D eigenvalue weighted by atomic mass is 35.5. The van der Waals surface area contributed by atoms with E-state index in [9.17, 15) is 0 Å². The number of hydrogen-bond donors (Lipinski definition) is 0. The maximum absolute atomic E-state index is 5.97. The van der Waals surface area contributed by atoms with Crippen molar-refractivity contribution in [2.75, 3.05) is 5.88 Å². The van der Waals surface area contributed by atoms with Gasteiger partial charge < -0.3 is 0 Å². The van der Waals surface area contributed by atoms with E-state index in [2.05, 4.69) is 55.5 Å². The first-order valence-electron chi connectivity index (χ1n) is 7.58. The van der Waals surface area contributed by atoms with Gasteiger partial charge in [0.05, 0.1) is 0 Å². The number of benzene rings is 2. The molecule has 0 spiro atoms. The fraction of sp³-hybridized carbons (Fsp3) is 0.368. The molecule has 0 saturated carbocycles. The van der Waals surface area contributed by atoms with Crippen molar-refractivity contribution >= 4 is 11.6 Å². The molecule has 106 valence electrons. The van der Waals surface area contributed by atoms with Crippen LogP contribution in [0.2, 0.25) is 0 Å². The van der Waals surface area contributed by atoms with Crippen LogP contribution >= 0.6 is 11.6 Å². The van der Waals surface area contributed by atoms with Crippen molar-refractivity contribution in [1.29, 1.82) is 0 Å². The lowest BCUT2D eigenvalue weighted by atomic mass is 9.94. The van der Waals surface area contributed by atoms with E-state index in [1.165, 1.54) is 47.9 Å². The van der Waals surface area contributed by atoms with Crippen molar-refractivity contribution in [3.8, 4) is 11.1 Å². The van der Waals surface area contributed by atoms with Crippen LogP contribution in [0.25, 0.3) is 11.1 Å². The number of hydrogen-bond acceptors (Lipinski definition) is 0. The lowest BCUT2D eigenvalue weighted by molar-refractivity contribution is 0.717. The summed E-state index contributed by atoms with van der Waals surface area (Å²) in [6, 6.07) is 17.5. The van der Waals surface area contributed by atoms with Gasteiger partial charge in [-0.2, -0.15) is 0 Å². The number of halogens is 1. The SMILES string of the molecule is CCCCCc1ccc(-c2ccccc2)c(CCCl)c1. The zero-order valence-corrected chi connectivity index (χ0v) is 13.0. The second kappa shape index (κ2) is 8.11. The van der Waals surface area contributed by atoms with Crippen LogP contribution in [0.5, 0.6) is 0 Å². The molecule has 2 rings (SSSR count). The highest BCUT2D eigenvalue weighted by molar-refractivity contribution is 6.18. The Morgan fingerprint density at radius 3 is 2.40 bits per heavy atom. The largest absolute Gasteiger partial charge is 0.126 e. The zero-order valence-electron chi connectivity index (χ0n) is 12.2. The molecule has 0 aliphatic carbocycles. The van der Waals surface area contributed by atoms with Crippen molar-refractivity contribution < 1.29 is 0 Å². The lowest BCUT2D eigenvalue weighted by Crippen LogP contribution is -1.95. The van der Waals surface area contributed by atoms with Crippen LogP contribution in [-0.4, -0.2) is 5.88 Å². The summed E-state index contributed by atoms with van der Waals surface area (Å²) in [6.07, 6.45) is 5.98. The molecular weight excluding hydrogens is 264 g/mol. The van der Waals surface area contributed by atoms with Gasteiger partial charge in [-0.05, 0) is 41.5 Å². The van der Waals surface area contributed by atoms with Gasteiger partial charge in [-0.25, -0.2) is 0 Å². The Morgan fingerprint density at radius 1 is 0.900 bits per heavy atom. The van der Waals surface area contributed by atoms with E-state index in [1.54, 1.807) is 0 Å². The number of rotatable bonds is 7. The third-order valence-corrected chi connectivity index (χ3v) is 3.88. The van der Waals surface area contributed by atoms with E-state index in [-0.39, 0.29) is 0 Å². The minimum absolute atomic E-state index is 0.679. The quantitative estimate of drug-likeness (QED) is 0.441. The zero-order chi connectivity index (χ0) is 14.2. The van der Waals surface area contributed by atoms with Gasteiger partial charge in [-0.1, -0.05) is 68.3 Å². The first-order valence-corrected chi connectivity index (χ1v) is 8.11. The molecule has 0 aromatic heterocycles. The van der Waals surface area contributed by atoms with Gasteiger partial charge in [0.15, 0.2) is 0 Å². The minimum Gasteiger partial charge on any atom is -0.126 e. The number of unbranched alkanes of at least 4 members (excludes halogenated alkanes) is 2. The molecule has 0 radical (unpaired) electrons. The van der Waals surface area contributed by atoms with Gasteiger partial charge in [-0.15, -0.1) is 11.6 Å². The summed E-state index contributed by atoms with van der Waals surface area (Å²) < 4.78 is 0. The fourth-order valence-corrected chi connectivity index (χ4v) is 2.79. The maximum Gasteiger partial charge on any atom is 0.0264 e. The smallest absolute Gasteiger partial charge is 0.0264 e. The highest BCUT2D eigenvalue weighted by Gasteiger charge is 2.06. The first-order chi connectivity index (χ1) is 9.85. The molecule has 0 unspecified atom stereocenters. The van der Waals surface area contributed by atoms with Gasteiger partial charge in [0, 0.05) is 5.88 Å². The van der Waals surface area contributed by atoms with Crippen LogP contribution in [0.4, 0.5) is 0 Å². The summed E-state index contributed by atoms with van der Waals surface area (Å²) in [6.45, 7) is 2.25. The summed E-state index contributed by atoms with van der Waals surface area (Å²) in [5.41, 5.74) is 5.43. The predicted octanol–water partition coefficient (Wildman–Crippen LogP) is 5.87. The van der Waals surface area contributed by atoms with Gasteiger partial charge >= 0.3 is 0 Å². The van der Waals surface area contributed by atoms with Gasteiger partial charge in [0.2, 0.25) is 0 Å². The van der Waals surface area contributed by atoms with Crippen molar-refractivity contribution in [2.24, 2.45) is 0 Å². The molecule has 0 atom stereocenters. The third kappa shape index (κ3) is 4.11. The normalized spacial score (nSPS) is 10.7. The summed E-state index contributed by atoms with van der Waals surface area (Å²) in [4.78, 5) is 0. The second-order valence-electron chi connectivity index (χ2n) is 5.25. The molecule has 0 aliphatic rings. The van der Waals surface area contributed by atoms with Crippen LogP contribution in [0, 0.1) is 0 Å². The molecule has 0 N–H and O–H groups in total. The molecule has 0 aliphatic heterocycles. The van der Waals surface area contributed by atoms with Crippen LogP contribution in [0.1, 0.15) is 37.3 Å². The average Bonchev–Trinajstić information content (AvgIpc) is 2.49. The van der Waals surface area contributed by atoms with Gasteiger partial charge in [0.25, 0.3) is 0 Å². The molecule has 0 saturated heterocycles. The monoisotopic (exact) mass is 286 g/mol. The molecule has 0 fully saturated rings. The van der Waals surface area contributed by atoms with Crippen LogP contribution < -0.4 is 0 Å². The van der Waals surface area contributed by atoms with E-state index in [1.807, 2.05) is 0 Å². The molecular formula is C19H23Cl. The molecule has 0 bridgehead atoms. The topological polar surface area (TPSA) is 0 Å². The number of aryl methyl sites for hydroxylation is 2. The summed E-state index contributed by atoms with van der Waals surface area (Å²) in [5, 5.41) is 0. The van der Waals surface area contributed by atoms with Crippen molar-refractivity contribution in [2.45, 2.75) is 39.0 Å². The van der Waals surface area contributed by atoms with E-state index in [0.29, 0.717) is 5.88 Å². The molecule has 0 heterocycles. The van der Waals surface area contributed by atoms with Gasteiger partial charge in [0.1, 0.15) is 0 Å². The molecule has 0 nitrogen and oxygen atoms in total. The molecule has 0 amide bonds. The first kappa shape index (κ1) is 15.1. The van der Waals surface area contributed by atoms with Crippen LogP contribution in [0.15, 0.2) is 48.5 Å². The van der Waals surface area contributed by atoms with Crippen molar-refractivity contribution in [3.05, 3.63) is 59.7 Å². The Morgan fingerprint density at radius 2 is 1.70 bits per heavy atom. The molecule has 2 aromatic carbocycles. The lowest BCUT2D eigenvalue weighted by Gasteiger charge is -2.11. The van der Waals surface area contributed by atoms with Crippen molar-refractivity contribution in [3.63, 3.8) is 0 Å². The molecule has 1 heteroatoms. The predicted molar refractivity (Wildman–Crippen MR) is 89.5 cm³/mol. The Labute approximate surface area is 127 Å². The molecule has 2 aromatic rings. The Bertz CT molecular complexity index is 517. The number of alkyl halides is 1. The third-order valence-electron chi connectivity index (χ3n) is 3.69. The highest BCUT2D eigenvalue weighted by Crippen LogP contribution is 2.26. The van der Waals surface area contributed by atoms with E-state index < -0.39 is 0 Å². The van der Waals surface area contributed by atoms with Crippen LogP contribution in [0.3, 0.4) is 0 Å².